The molecule has 1 aliphatic rings. The number of esters is 1. The Balaban J connectivity index is 1.74. The summed E-state index contributed by atoms with van der Waals surface area (Å²) >= 11 is 9.38. The molecule has 1 amide bonds. The van der Waals surface area contributed by atoms with Gasteiger partial charge in [-0.15, -0.1) is 0 Å². The summed E-state index contributed by atoms with van der Waals surface area (Å²) in [7, 11) is 3.06. The molecule has 3 rings (SSSR count). The second-order valence-electron chi connectivity index (χ2n) is 5.94. The maximum Gasteiger partial charge on any atom is 0.316 e. The Hall–Kier alpha value is -2.25. The van der Waals surface area contributed by atoms with Crippen LogP contribution in [0.3, 0.4) is 0 Å². The summed E-state index contributed by atoms with van der Waals surface area (Å²) in [6, 6.07) is 10.1. The third-order valence-electron chi connectivity index (χ3n) is 4.24. The van der Waals surface area contributed by atoms with Gasteiger partial charge in [-0.2, -0.15) is 0 Å². The third kappa shape index (κ3) is 4.20. The first kappa shape index (κ1) is 19.5. The number of hydrogen-bond donors (Lipinski definition) is 0. The van der Waals surface area contributed by atoms with Gasteiger partial charge < -0.3 is 19.1 Å². The molecule has 0 bridgehead atoms. The minimum atomic E-state index is -0.578. The molecular formula is C19H17BrClNO5. The van der Waals surface area contributed by atoms with Crippen LogP contribution in [0.4, 0.5) is 5.69 Å². The highest BCUT2D eigenvalue weighted by molar-refractivity contribution is 9.10. The van der Waals surface area contributed by atoms with Crippen LogP contribution in [0.25, 0.3) is 0 Å². The van der Waals surface area contributed by atoms with Gasteiger partial charge in [-0.3, -0.25) is 9.59 Å². The van der Waals surface area contributed by atoms with Crippen LogP contribution in [0.1, 0.15) is 6.42 Å². The number of carbonyl (C=O) groups is 2. The van der Waals surface area contributed by atoms with Crippen LogP contribution in [0.2, 0.25) is 5.02 Å². The van der Waals surface area contributed by atoms with Gasteiger partial charge >= 0.3 is 5.97 Å². The Morgan fingerprint density at radius 2 is 1.81 bits per heavy atom. The summed E-state index contributed by atoms with van der Waals surface area (Å²) in [5.41, 5.74) is 0.634. The number of benzene rings is 2. The van der Waals surface area contributed by atoms with Crippen molar-refractivity contribution < 1.29 is 23.8 Å². The van der Waals surface area contributed by atoms with Crippen LogP contribution in [-0.2, 0) is 9.59 Å². The highest BCUT2D eigenvalue weighted by Crippen LogP contribution is 2.35. The van der Waals surface area contributed by atoms with Crippen LogP contribution < -0.4 is 19.1 Å². The van der Waals surface area contributed by atoms with Crippen LogP contribution >= 0.6 is 27.5 Å². The van der Waals surface area contributed by atoms with Gasteiger partial charge in [-0.1, -0.05) is 27.5 Å². The third-order valence-corrected chi connectivity index (χ3v) is 5.03. The molecule has 0 aromatic heterocycles. The average Bonchev–Trinajstić information content (AvgIpc) is 3.05. The van der Waals surface area contributed by atoms with Crippen molar-refractivity contribution in [3.63, 3.8) is 0 Å². The number of carbonyl (C=O) groups excluding carboxylic acids is 2. The monoisotopic (exact) mass is 453 g/mol. The van der Waals surface area contributed by atoms with Gasteiger partial charge in [-0.25, -0.2) is 0 Å². The zero-order valence-electron chi connectivity index (χ0n) is 14.7. The van der Waals surface area contributed by atoms with Gasteiger partial charge in [0.15, 0.2) is 11.5 Å². The van der Waals surface area contributed by atoms with Crippen molar-refractivity contribution >= 4 is 45.1 Å². The molecule has 6 nitrogen and oxygen atoms in total. The number of hydrogen-bond acceptors (Lipinski definition) is 5. The van der Waals surface area contributed by atoms with Gasteiger partial charge in [0.05, 0.1) is 25.2 Å². The molecule has 2 aromatic rings. The molecule has 1 saturated heterocycles. The summed E-state index contributed by atoms with van der Waals surface area (Å²) in [6.07, 6.45) is 0.0708. The first-order valence-electron chi connectivity index (χ1n) is 8.12. The van der Waals surface area contributed by atoms with Gasteiger partial charge in [0.2, 0.25) is 5.91 Å². The molecule has 0 N–H and O–H groups in total. The molecule has 27 heavy (non-hydrogen) atoms. The standard InChI is InChI=1S/C19H17BrClNO5/c1-25-16-6-4-13(9-17(16)26-2)22-10-11(7-18(22)23)19(24)27-15-5-3-12(20)8-14(15)21/h3-6,8-9,11H,7,10H2,1-2H3. The fourth-order valence-corrected chi connectivity index (χ4v) is 3.57. The van der Waals surface area contributed by atoms with Crippen LogP contribution in [-0.4, -0.2) is 32.6 Å². The van der Waals surface area contributed by atoms with Crippen molar-refractivity contribution in [1.82, 2.24) is 0 Å². The highest BCUT2D eigenvalue weighted by atomic mass is 79.9. The predicted octanol–water partition coefficient (Wildman–Crippen LogP) is 4.08. The number of ether oxygens (including phenoxy) is 3. The SMILES string of the molecule is COc1ccc(N2CC(C(=O)Oc3ccc(Br)cc3Cl)CC2=O)cc1OC. The number of anilines is 1. The Morgan fingerprint density at radius 1 is 1.11 bits per heavy atom. The first-order chi connectivity index (χ1) is 12.9. The number of halogens is 2. The molecule has 142 valence electrons. The Bertz CT molecular complexity index is 888. The molecule has 1 aliphatic heterocycles. The molecular weight excluding hydrogens is 438 g/mol. The van der Waals surface area contributed by atoms with E-state index in [1.165, 1.54) is 19.1 Å². The number of nitrogens with zero attached hydrogens (tertiary/aromatic N) is 1. The van der Waals surface area contributed by atoms with Crippen molar-refractivity contribution in [3.8, 4) is 17.2 Å². The molecule has 0 radical (unpaired) electrons. The normalized spacial score (nSPS) is 16.4. The lowest BCUT2D eigenvalue weighted by molar-refractivity contribution is -0.139. The Kier molecular flexibility index (Phi) is 5.92. The van der Waals surface area contributed by atoms with Crippen molar-refractivity contribution in [2.24, 2.45) is 5.92 Å². The molecule has 0 aliphatic carbocycles. The summed E-state index contributed by atoms with van der Waals surface area (Å²) in [4.78, 5) is 26.4. The van der Waals surface area contributed by atoms with E-state index in [4.69, 9.17) is 25.8 Å². The van der Waals surface area contributed by atoms with E-state index in [0.29, 0.717) is 22.2 Å². The Labute approximate surface area is 170 Å². The van der Waals surface area contributed by atoms with E-state index in [-0.39, 0.29) is 24.6 Å². The van der Waals surface area contributed by atoms with Crippen molar-refractivity contribution in [2.75, 3.05) is 25.7 Å². The summed E-state index contributed by atoms with van der Waals surface area (Å²) in [6.45, 7) is 0.224. The van der Waals surface area contributed by atoms with E-state index < -0.39 is 11.9 Å². The summed E-state index contributed by atoms with van der Waals surface area (Å²) in [5.74, 6) is 0.109. The van der Waals surface area contributed by atoms with E-state index in [2.05, 4.69) is 15.9 Å². The van der Waals surface area contributed by atoms with Crippen LogP contribution in [0.15, 0.2) is 40.9 Å². The van der Waals surface area contributed by atoms with Gasteiger partial charge in [0.1, 0.15) is 5.75 Å². The first-order valence-corrected chi connectivity index (χ1v) is 9.29. The topological polar surface area (TPSA) is 65.1 Å². The lowest BCUT2D eigenvalue weighted by Gasteiger charge is -2.18. The van der Waals surface area contributed by atoms with Crippen molar-refractivity contribution in [2.45, 2.75) is 6.42 Å². The maximum atomic E-state index is 12.5. The van der Waals surface area contributed by atoms with E-state index >= 15 is 0 Å². The molecule has 1 atom stereocenters. The van der Waals surface area contributed by atoms with Crippen LogP contribution in [0.5, 0.6) is 17.2 Å². The zero-order valence-corrected chi connectivity index (χ0v) is 17.0. The zero-order chi connectivity index (χ0) is 19.6. The molecule has 2 aromatic carbocycles. The van der Waals surface area contributed by atoms with Crippen molar-refractivity contribution in [1.29, 1.82) is 0 Å². The Morgan fingerprint density at radius 3 is 2.48 bits per heavy atom. The van der Waals surface area contributed by atoms with E-state index in [1.807, 2.05) is 0 Å². The fraction of sp³-hybridized carbons (Fsp3) is 0.263. The quantitative estimate of drug-likeness (QED) is 0.503. The molecule has 1 unspecified atom stereocenters. The summed E-state index contributed by atoms with van der Waals surface area (Å²) in [5, 5.41) is 0.318. The lowest BCUT2D eigenvalue weighted by Crippen LogP contribution is -2.27. The predicted molar refractivity (Wildman–Crippen MR) is 105 cm³/mol. The van der Waals surface area contributed by atoms with Gasteiger partial charge in [-0.05, 0) is 30.3 Å². The minimum Gasteiger partial charge on any atom is -0.493 e. The second kappa shape index (κ2) is 8.19. The molecule has 1 heterocycles. The molecule has 0 spiro atoms. The fourth-order valence-electron chi connectivity index (χ4n) is 2.86. The molecule has 8 heteroatoms. The second-order valence-corrected chi connectivity index (χ2v) is 7.26. The van der Waals surface area contributed by atoms with E-state index in [0.717, 1.165) is 4.47 Å². The van der Waals surface area contributed by atoms with Crippen molar-refractivity contribution in [3.05, 3.63) is 45.9 Å². The number of rotatable bonds is 5. The summed E-state index contributed by atoms with van der Waals surface area (Å²) < 4.78 is 16.6. The minimum absolute atomic E-state index is 0.0708. The highest BCUT2D eigenvalue weighted by Gasteiger charge is 2.37. The maximum absolute atomic E-state index is 12.5. The van der Waals surface area contributed by atoms with E-state index in [9.17, 15) is 9.59 Å². The van der Waals surface area contributed by atoms with Crippen LogP contribution in [0, 0.1) is 5.92 Å². The smallest absolute Gasteiger partial charge is 0.316 e. The largest absolute Gasteiger partial charge is 0.493 e. The number of amides is 1. The molecule has 0 saturated carbocycles. The van der Waals surface area contributed by atoms with Gasteiger partial charge in [0, 0.05) is 29.2 Å². The van der Waals surface area contributed by atoms with E-state index in [1.54, 1.807) is 36.4 Å². The number of methoxy groups -OCH3 is 2. The average molecular weight is 455 g/mol. The lowest BCUT2D eigenvalue weighted by atomic mass is 10.1. The molecule has 1 fully saturated rings. The van der Waals surface area contributed by atoms with Gasteiger partial charge in [0.25, 0.3) is 0 Å².